The minimum Gasteiger partial charge on any atom is -0.494 e. The zero-order valence-corrected chi connectivity index (χ0v) is 11.9. The molecule has 2 aromatic rings. The number of amides is 1. The molecule has 2 rings (SSSR count). The number of nitrogens with one attached hydrogen (secondary N) is 1. The van der Waals surface area contributed by atoms with Crippen LogP contribution >= 0.6 is 11.6 Å². The lowest BCUT2D eigenvalue weighted by atomic mass is 10.2. The maximum absolute atomic E-state index is 12.0. The van der Waals surface area contributed by atoms with Crippen LogP contribution in [0.2, 0.25) is 5.15 Å². The summed E-state index contributed by atoms with van der Waals surface area (Å²) >= 11 is 5.75. The largest absolute Gasteiger partial charge is 0.494 e. The van der Waals surface area contributed by atoms with Crippen LogP contribution in [0.4, 0.5) is 5.69 Å². The summed E-state index contributed by atoms with van der Waals surface area (Å²) in [5.41, 5.74) is 1.17. The number of hydrogen-bond donors (Lipinski definition) is 1. The maximum atomic E-state index is 12.0. The molecule has 1 N–H and O–H groups in total. The fourth-order valence-corrected chi connectivity index (χ4v) is 1.78. The van der Waals surface area contributed by atoms with Gasteiger partial charge in [-0.25, -0.2) is 4.98 Å². The number of carbonyl (C=O) groups excluding carboxylic acids is 1. The molecule has 1 amide bonds. The molecule has 0 fully saturated rings. The van der Waals surface area contributed by atoms with Gasteiger partial charge in [0.05, 0.1) is 6.61 Å². The van der Waals surface area contributed by atoms with E-state index < -0.39 is 0 Å². The molecule has 4 nitrogen and oxygen atoms in total. The van der Waals surface area contributed by atoms with E-state index in [2.05, 4.69) is 17.2 Å². The van der Waals surface area contributed by atoms with Crippen molar-refractivity contribution in [1.29, 1.82) is 0 Å². The molecule has 104 valence electrons. The number of ether oxygens (including phenoxy) is 1. The maximum Gasteiger partial charge on any atom is 0.255 e. The van der Waals surface area contributed by atoms with Gasteiger partial charge in [0.2, 0.25) is 0 Å². The number of benzene rings is 1. The molecule has 1 aromatic carbocycles. The van der Waals surface area contributed by atoms with Gasteiger partial charge in [0, 0.05) is 17.4 Å². The van der Waals surface area contributed by atoms with Gasteiger partial charge >= 0.3 is 0 Å². The van der Waals surface area contributed by atoms with E-state index in [-0.39, 0.29) is 5.91 Å². The lowest BCUT2D eigenvalue weighted by Crippen LogP contribution is -2.11. The quantitative estimate of drug-likeness (QED) is 0.853. The lowest BCUT2D eigenvalue weighted by Gasteiger charge is -2.07. The molecule has 1 aromatic heterocycles. The van der Waals surface area contributed by atoms with E-state index in [0.717, 1.165) is 12.2 Å². The Morgan fingerprint density at radius 2 is 2.05 bits per heavy atom. The van der Waals surface area contributed by atoms with E-state index in [1.165, 1.54) is 12.3 Å². The minimum atomic E-state index is -0.225. The molecule has 0 radical (unpaired) electrons. The highest BCUT2D eigenvalue weighted by molar-refractivity contribution is 6.29. The van der Waals surface area contributed by atoms with E-state index in [1.807, 2.05) is 12.1 Å². The molecule has 0 unspecified atom stereocenters. The average molecular weight is 291 g/mol. The summed E-state index contributed by atoms with van der Waals surface area (Å²) < 4.78 is 5.48. The highest BCUT2D eigenvalue weighted by atomic mass is 35.5. The van der Waals surface area contributed by atoms with Crippen molar-refractivity contribution in [2.75, 3.05) is 11.9 Å². The van der Waals surface area contributed by atoms with Crippen molar-refractivity contribution < 1.29 is 9.53 Å². The fourth-order valence-electron chi connectivity index (χ4n) is 1.60. The molecular formula is C15H15ClN2O2. The first-order valence-corrected chi connectivity index (χ1v) is 6.72. The number of hydrogen-bond acceptors (Lipinski definition) is 3. The van der Waals surface area contributed by atoms with Gasteiger partial charge in [0.15, 0.2) is 0 Å². The van der Waals surface area contributed by atoms with Crippen molar-refractivity contribution in [2.24, 2.45) is 0 Å². The topological polar surface area (TPSA) is 51.2 Å². The summed E-state index contributed by atoms with van der Waals surface area (Å²) in [4.78, 5) is 15.8. The summed E-state index contributed by atoms with van der Waals surface area (Å²) in [7, 11) is 0. The molecule has 0 bridgehead atoms. The van der Waals surface area contributed by atoms with E-state index in [1.54, 1.807) is 18.2 Å². The van der Waals surface area contributed by atoms with Crippen LogP contribution in [0.5, 0.6) is 5.75 Å². The second kappa shape index (κ2) is 6.91. The van der Waals surface area contributed by atoms with Gasteiger partial charge in [0.25, 0.3) is 5.91 Å². The van der Waals surface area contributed by atoms with Crippen LogP contribution in [-0.2, 0) is 0 Å². The van der Waals surface area contributed by atoms with Gasteiger partial charge in [-0.3, -0.25) is 4.79 Å². The number of rotatable bonds is 5. The molecule has 0 saturated carbocycles. The van der Waals surface area contributed by atoms with Crippen molar-refractivity contribution in [1.82, 2.24) is 4.98 Å². The first kappa shape index (κ1) is 14.3. The van der Waals surface area contributed by atoms with Gasteiger partial charge in [0.1, 0.15) is 10.9 Å². The summed E-state index contributed by atoms with van der Waals surface area (Å²) in [6, 6.07) is 10.4. The summed E-state index contributed by atoms with van der Waals surface area (Å²) in [6.45, 7) is 2.73. The van der Waals surface area contributed by atoms with Crippen LogP contribution in [-0.4, -0.2) is 17.5 Å². The number of halogens is 1. The van der Waals surface area contributed by atoms with E-state index in [4.69, 9.17) is 16.3 Å². The Kier molecular flexibility index (Phi) is 4.96. The third-order valence-corrected chi connectivity index (χ3v) is 2.78. The first-order valence-electron chi connectivity index (χ1n) is 6.35. The Hall–Kier alpha value is -2.07. The second-order valence-corrected chi connectivity index (χ2v) is 4.58. The third-order valence-electron chi connectivity index (χ3n) is 2.57. The molecule has 20 heavy (non-hydrogen) atoms. The first-order chi connectivity index (χ1) is 9.69. The lowest BCUT2D eigenvalue weighted by molar-refractivity contribution is 0.102. The van der Waals surface area contributed by atoms with Gasteiger partial charge in [-0.1, -0.05) is 18.5 Å². The van der Waals surface area contributed by atoms with Gasteiger partial charge in [-0.05, 0) is 42.8 Å². The normalized spacial score (nSPS) is 10.1. The summed E-state index contributed by atoms with van der Waals surface area (Å²) in [6.07, 6.45) is 2.46. The molecule has 5 heteroatoms. The highest BCUT2D eigenvalue weighted by Crippen LogP contribution is 2.17. The van der Waals surface area contributed by atoms with E-state index in [9.17, 15) is 4.79 Å². The second-order valence-electron chi connectivity index (χ2n) is 4.19. The summed E-state index contributed by atoms with van der Waals surface area (Å²) in [5.74, 6) is 0.563. The standard InChI is InChI=1S/C15H15ClN2O2/c1-2-9-20-13-5-3-12(4-6-13)18-15(19)11-7-8-17-14(16)10-11/h3-8,10H,2,9H2,1H3,(H,18,19). The smallest absolute Gasteiger partial charge is 0.255 e. The molecule has 0 aliphatic rings. The van der Waals surface area contributed by atoms with Crippen molar-refractivity contribution in [3.8, 4) is 5.75 Å². The van der Waals surface area contributed by atoms with Crippen LogP contribution in [0.15, 0.2) is 42.6 Å². The predicted molar refractivity (Wildman–Crippen MR) is 79.4 cm³/mol. The monoisotopic (exact) mass is 290 g/mol. The van der Waals surface area contributed by atoms with Crippen molar-refractivity contribution in [2.45, 2.75) is 13.3 Å². The number of pyridine rings is 1. The van der Waals surface area contributed by atoms with Gasteiger partial charge in [-0.2, -0.15) is 0 Å². The minimum absolute atomic E-state index is 0.225. The van der Waals surface area contributed by atoms with Crippen LogP contribution < -0.4 is 10.1 Å². The molecule has 0 aliphatic carbocycles. The Bertz CT molecular complexity index is 585. The average Bonchev–Trinajstić information content (AvgIpc) is 2.46. The molecule has 1 heterocycles. The Labute approximate surface area is 122 Å². The number of anilines is 1. The van der Waals surface area contributed by atoms with E-state index >= 15 is 0 Å². The van der Waals surface area contributed by atoms with Crippen molar-refractivity contribution in [3.05, 3.63) is 53.3 Å². The van der Waals surface area contributed by atoms with Crippen molar-refractivity contribution >= 4 is 23.2 Å². The molecule has 0 saturated heterocycles. The number of carbonyl (C=O) groups is 1. The Morgan fingerprint density at radius 3 is 2.70 bits per heavy atom. The van der Waals surface area contributed by atoms with Gasteiger partial charge in [-0.15, -0.1) is 0 Å². The van der Waals surface area contributed by atoms with E-state index in [0.29, 0.717) is 23.0 Å². The molecule has 0 atom stereocenters. The third kappa shape index (κ3) is 3.96. The highest BCUT2D eigenvalue weighted by Gasteiger charge is 2.06. The number of aromatic nitrogens is 1. The molecule has 0 aliphatic heterocycles. The zero-order chi connectivity index (χ0) is 14.4. The van der Waals surface area contributed by atoms with Gasteiger partial charge < -0.3 is 10.1 Å². The van der Waals surface area contributed by atoms with Crippen LogP contribution in [0.3, 0.4) is 0 Å². The van der Waals surface area contributed by atoms with Crippen LogP contribution in [0, 0.1) is 0 Å². The fraction of sp³-hybridized carbons (Fsp3) is 0.200. The van der Waals surface area contributed by atoms with Crippen LogP contribution in [0.1, 0.15) is 23.7 Å². The Balaban J connectivity index is 2.01. The SMILES string of the molecule is CCCOc1ccc(NC(=O)c2ccnc(Cl)c2)cc1. The summed E-state index contributed by atoms with van der Waals surface area (Å²) in [5, 5.41) is 3.08. The molecule has 0 spiro atoms. The Morgan fingerprint density at radius 1 is 1.30 bits per heavy atom. The number of nitrogens with zero attached hydrogens (tertiary/aromatic N) is 1. The van der Waals surface area contributed by atoms with Crippen molar-refractivity contribution in [3.63, 3.8) is 0 Å². The zero-order valence-electron chi connectivity index (χ0n) is 11.1. The van der Waals surface area contributed by atoms with Crippen LogP contribution in [0.25, 0.3) is 0 Å². The molecular weight excluding hydrogens is 276 g/mol. The predicted octanol–water partition coefficient (Wildman–Crippen LogP) is 3.78.